The van der Waals surface area contributed by atoms with Crippen LogP contribution in [0.3, 0.4) is 0 Å². The van der Waals surface area contributed by atoms with E-state index < -0.39 is 17.7 Å². The molecule has 0 saturated heterocycles. The lowest BCUT2D eigenvalue weighted by Crippen LogP contribution is -2.34. The number of rotatable bonds is 3. The first-order chi connectivity index (χ1) is 16.5. The number of nitrogens with zero attached hydrogens (tertiary/aromatic N) is 5. The van der Waals surface area contributed by atoms with Crippen LogP contribution in [0.15, 0.2) is 24.5 Å². The number of anilines is 2. The Kier molecular flexibility index (Phi) is 8.13. The van der Waals surface area contributed by atoms with Crippen molar-refractivity contribution >= 4 is 46.6 Å². The fourth-order valence-electron chi connectivity index (χ4n) is 3.93. The zero-order chi connectivity index (χ0) is 26.0. The molecule has 3 aromatic rings. The minimum Gasteiger partial charge on any atom is -0.383 e. The molecule has 1 saturated carbocycles. The Hall–Kier alpha value is -2.63. The number of nitrogens with one attached hydrogen (secondary N) is 1. The first-order valence-corrected chi connectivity index (χ1v) is 11.7. The first-order valence-electron chi connectivity index (χ1n) is 10.9. The van der Waals surface area contributed by atoms with Gasteiger partial charge in [-0.05, 0) is 25.3 Å². The highest BCUT2D eigenvalue weighted by molar-refractivity contribution is 6.31. The summed E-state index contributed by atoms with van der Waals surface area (Å²) in [6.07, 6.45) is 1.54. The van der Waals surface area contributed by atoms with Gasteiger partial charge in [0.1, 0.15) is 11.5 Å². The van der Waals surface area contributed by atoms with E-state index >= 15 is 0 Å². The number of hydrogen-bond acceptors (Lipinski definition) is 6. The summed E-state index contributed by atoms with van der Waals surface area (Å²) in [5.74, 6) is -1.57. The summed E-state index contributed by atoms with van der Waals surface area (Å²) >= 11 is 11.7. The van der Waals surface area contributed by atoms with E-state index in [1.54, 1.807) is 13.1 Å². The Labute approximate surface area is 210 Å². The van der Waals surface area contributed by atoms with Crippen LogP contribution in [0.5, 0.6) is 0 Å². The van der Waals surface area contributed by atoms with Gasteiger partial charge in [0.2, 0.25) is 6.41 Å². The largest absolute Gasteiger partial charge is 0.399 e. The molecule has 3 aromatic heterocycles. The number of halogens is 5. The highest BCUT2D eigenvalue weighted by Gasteiger charge is 2.48. The zero-order valence-electron chi connectivity index (χ0n) is 19.3. The van der Waals surface area contributed by atoms with Crippen molar-refractivity contribution in [3.05, 3.63) is 46.1 Å². The van der Waals surface area contributed by atoms with Gasteiger partial charge >= 0.3 is 6.18 Å². The second-order valence-electron chi connectivity index (χ2n) is 7.94. The number of carbonyl (C=O) groups is 1. The fraction of sp³-hybridized carbons (Fsp3) is 0.455. The minimum absolute atomic E-state index is 0.0990. The van der Waals surface area contributed by atoms with E-state index in [-0.39, 0.29) is 17.4 Å². The summed E-state index contributed by atoms with van der Waals surface area (Å²) in [4.78, 5) is 19.9. The number of aliphatic hydroxyl groups is 1. The summed E-state index contributed by atoms with van der Waals surface area (Å²) in [6.45, 7) is 3.87. The molecule has 1 aliphatic heterocycles. The van der Waals surface area contributed by atoms with Crippen molar-refractivity contribution in [2.75, 3.05) is 23.8 Å². The van der Waals surface area contributed by atoms with E-state index in [0.717, 1.165) is 6.42 Å². The molecule has 8 nitrogen and oxygen atoms in total. The van der Waals surface area contributed by atoms with Crippen molar-refractivity contribution in [3.8, 4) is 0 Å². The molecule has 0 spiro atoms. The second-order valence-corrected chi connectivity index (χ2v) is 8.74. The topological polar surface area (TPSA) is 95.7 Å². The summed E-state index contributed by atoms with van der Waals surface area (Å²) in [5, 5.41) is 16.9. The summed E-state index contributed by atoms with van der Waals surface area (Å²) in [5.41, 5.74) is 1.03. The number of pyridine rings is 1. The Morgan fingerprint density at radius 1 is 1.20 bits per heavy atom. The average Bonchev–Trinajstić information content (AvgIpc) is 3.33. The number of fused-ring (bicyclic) bond motifs is 3. The number of amides is 1. The Morgan fingerprint density at radius 2 is 1.89 bits per heavy atom. The van der Waals surface area contributed by atoms with Crippen molar-refractivity contribution in [2.24, 2.45) is 0 Å². The number of alkyl halides is 3. The van der Waals surface area contributed by atoms with Crippen molar-refractivity contribution < 1.29 is 23.1 Å². The molecule has 1 atom stereocenters. The van der Waals surface area contributed by atoms with Gasteiger partial charge in [0.15, 0.2) is 10.8 Å². The maximum Gasteiger partial charge on any atom is 0.399 e. The number of aromatic nitrogens is 4. The predicted octanol–water partition coefficient (Wildman–Crippen LogP) is 5.18. The van der Waals surface area contributed by atoms with Crippen LogP contribution >= 0.6 is 23.2 Å². The zero-order valence-corrected chi connectivity index (χ0v) is 20.8. The molecule has 13 heteroatoms. The van der Waals surface area contributed by atoms with Gasteiger partial charge in [0.25, 0.3) is 0 Å². The molecule has 190 valence electrons. The fourth-order valence-corrected chi connectivity index (χ4v) is 4.44. The van der Waals surface area contributed by atoms with Crippen molar-refractivity contribution in [2.45, 2.75) is 50.8 Å². The lowest BCUT2D eigenvalue weighted by molar-refractivity contribution is -0.147. The van der Waals surface area contributed by atoms with E-state index in [2.05, 4.69) is 20.4 Å². The molecular weight excluding hydrogens is 508 g/mol. The molecule has 1 amide bonds. The van der Waals surface area contributed by atoms with Gasteiger partial charge in [-0.15, -0.1) is 0 Å². The Bertz CT molecular complexity index is 1200. The lowest BCUT2D eigenvalue weighted by Gasteiger charge is -2.36. The molecule has 2 N–H and O–H groups in total. The molecule has 5 rings (SSSR count). The van der Waals surface area contributed by atoms with Gasteiger partial charge < -0.3 is 15.3 Å². The third kappa shape index (κ3) is 5.46. The summed E-state index contributed by atoms with van der Waals surface area (Å²) in [7, 11) is 1.60. The quantitative estimate of drug-likeness (QED) is 0.451. The molecule has 35 heavy (non-hydrogen) atoms. The van der Waals surface area contributed by atoms with E-state index in [9.17, 15) is 23.1 Å². The van der Waals surface area contributed by atoms with Crippen molar-refractivity contribution in [1.82, 2.24) is 19.6 Å². The molecular formula is C22H25Cl2F3N6O2. The van der Waals surface area contributed by atoms with E-state index in [0.29, 0.717) is 47.0 Å². The van der Waals surface area contributed by atoms with Gasteiger partial charge in [-0.25, -0.2) is 9.50 Å². The Balaban J connectivity index is 0.000000186. The highest BCUT2D eigenvalue weighted by atomic mass is 35.5. The molecule has 2 aliphatic rings. The lowest BCUT2D eigenvalue weighted by atomic mass is 9.77. The van der Waals surface area contributed by atoms with Crippen molar-refractivity contribution in [1.29, 1.82) is 0 Å². The third-order valence-corrected chi connectivity index (χ3v) is 6.22. The van der Waals surface area contributed by atoms with Gasteiger partial charge in [-0.1, -0.05) is 37.0 Å². The van der Waals surface area contributed by atoms with E-state index in [1.807, 2.05) is 13.8 Å². The van der Waals surface area contributed by atoms with Gasteiger partial charge in [0, 0.05) is 19.7 Å². The standard InChI is InChI=1S/C10H8ClF3N4.C10H11ClN2O2.C2H6/c1-17-4-5(10(12,13)14)9-6(17)3-15-8-2-7(11)16-18(8)9;11-8-4-7(13-6-14)5-12-9(8)10(15)2-1-3-10;1-2/h2-3,5H,4H2,1H3;4-6,15H,1-3H2,(H,13,14);1-2H3. The average molecular weight is 533 g/mol. The predicted molar refractivity (Wildman–Crippen MR) is 128 cm³/mol. The third-order valence-electron chi connectivity index (χ3n) is 5.75. The van der Waals surface area contributed by atoms with Crippen LogP contribution in [-0.2, 0) is 10.4 Å². The van der Waals surface area contributed by atoms with Crippen LogP contribution in [0.4, 0.5) is 24.5 Å². The number of carbonyl (C=O) groups excluding carboxylic acids is 1. The summed E-state index contributed by atoms with van der Waals surface area (Å²) in [6, 6.07) is 3.03. The van der Waals surface area contributed by atoms with Crippen LogP contribution < -0.4 is 10.2 Å². The van der Waals surface area contributed by atoms with Gasteiger partial charge in [0.05, 0.1) is 40.2 Å². The second kappa shape index (κ2) is 10.5. The number of hydrogen-bond donors (Lipinski definition) is 2. The molecule has 0 bridgehead atoms. The minimum atomic E-state index is -4.31. The maximum absolute atomic E-state index is 13.0. The van der Waals surface area contributed by atoms with Crippen molar-refractivity contribution in [3.63, 3.8) is 0 Å². The molecule has 0 radical (unpaired) electrons. The SMILES string of the molecule is CC.CN1CC(C(F)(F)F)c2c1cnc1cc(Cl)nn21.O=CNc1cnc(C2(O)CCC2)c(Cl)c1. The summed E-state index contributed by atoms with van der Waals surface area (Å²) < 4.78 is 40.3. The van der Waals surface area contributed by atoms with Crippen LogP contribution in [0.25, 0.3) is 5.65 Å². The maximum atomic E-state index is 13.0. The van der Waals surface area contributed by atoms with Crippen LogP contribution in [-0.4, -0.2) is 50.9 Å². The highest BCUT2D eigenvalue weighted by Crippen LogP contribution is 2.45. The molecule has 0 aromatic carbocycles. The van der Waals surface area contributed by atoms with Gasteiger partial charge in [-0.2, -0.15) is 18.3 Å². The molecule has 1 fully saturated rings. The molecule has 4 heterocycles. The van der Waals surface area contributed by atoms with Gasteiger partial charge in [-0.3, -0.25) is 9.78 Å². The van der Waals surface area contributed by atoms with Crippen LogP contribution in [0.2, 0.25) is 10.2 Å². The molecule has 1 aliphatic carbocycles. The van der Waals surface area contributed by atoms with Crippen LogP contribution in [0, 0.1) is 0 Å². The van der Waals surface area contributed by atoms with Crippen LogP contribution in [0.1, 0.15) is 50.4 Å². The smallest absolute Gasteiger partial charge is 0.383 e. The number of likely N-dealkylation sites (N-methyl/N-ethyl adjacent to an activating group) is 1. The monoisotopic (exact) mass is 532 g/mol. The van der Waals surface area contributed by atoms with E-state index in [1.165, 1.54) is 27.9 Å². The normalized spacial score (nSPS) is 18.0. The van der Waals surface area contributed by atoms with E-state index in [4.69, 9.17) is 23.2 Å². The molecule has 1 unspecified atom stereocenters. The first kappa shape index (κ1) is 27.0. The Morgan fingerprint density at radius 3 is 2.43 bits per heavy atom.